The molecule has 0 N–H and O–H groups in total. The first kappa shape index (κ1) is 23.5. The van der Waals surface area contributed by atoms with Crippen molar-refractivity contribution >= 4 is 0 Å². The fourth-order valence-corrected chi connectivity index (χ4v) is 5.75. The lowest BCUT2D eigenvalue weighted by Gasteiger charge is -2.27. The summed E-state index contributed by atoms with van der Waals surface area (Å²) in [5, 5.41) is 7.76. The van der Waals surface area contributed by atoms with Gasteiger partial charge in [0.05, 0.1) is 5.56 Å². The van der Waals surface area contributed by atoms with Gasteiger partial charge in [-0.2, -0.15) is 13.2 Å². The maximum absolute atomic E-state index is 13.9. The average Bonchev–Trinajstić information content (AvgIpc) is 3.33. The minimum atomic E-state index is -4.67. The molecule has 2 aromatic rings. The molecule has 0 unspecified atom stereocenters. The Kier molecular flexibility index (Phi) is 6.50. The van der Waals surface area contributed by atoms with Gasteiger partial charge in [-0.25, -0.2) is 4.39 Å². The molecule has 2 saturated heterocycles. The minimum Gasteiger partial charge on any atom is -0.473 e. The third-order valence-electron chi connectivity index (χ3n) is 7.46. The van der Waals surface area contributed by atoms with Crippen LogP contribution in [0, 0.1) is 30.5 Å². The van der Waals surface area contributed by atoms with Crippen LogP contribution in [0.2, 0.25) is 0 Å². The SMILES string of the molecule is Cc1ccc(F)cc1-c1nnc(O[C@H]2C[C@@H]3CN(CC4CCOCC4)C[C@@H]3C2)cc1C(F)(F)F. The molecule has 5 nitrogen and oxygen atoms in total. The first-order valence-corrected chi connectivity index (χ1v) is 11.9. The van der Waals surface area contributed by atoms with Crippen LogP contribution in [-0.4, -0.2) is 54.0 Å². The molecule has 0 radical (unpaired) electrons. The summed E-state index contributed by atoms with van der Waals surface area (Å²) in [5.41, 5.74) is -0.786. The van der Waals surface area contributed by atoms with E-state index in [0.717, 1.165) is 70.7 Å². The highest BCUT2D eigenvalue weighted by Gasteiger charge is 2.43. The molecular weight excluding hydrogens is 450 g/mol. The molecule has 1 aromatic carbocycles. The van der Waals surface area contributed by atoms with Crippen molar-refractivity contribution in [3.05, 3.63) is 41.2 Å². The fourth-order valence-electron chi connectivity index (χ4n) is 5.75. The van der Waals surface area contributed by atoms with Crippen molar-refractivity contribution in [3.8, 4) is 17.1 Å². The number of rotatable bonds is 5. The number of halogens is 4. The number of alkyl halides is 3. The molecule has 1 saturated carbocycles. The highest BCUT2D eigenvalue weighted by Crippen LogP contribution is 2.42. The Morgan fingerprint density at radius 3 is 2.44 bits per heavy atom. The first-order chi connectivity index (χ1) is 16.3. The zero-order valence-corrected chi connectivity index (χ0v) is 19.2. The van der Waals surface area contributed by atoms with Gasteiger partial charge in [0.1, 0.15) is 17.6 Å². The van der Waals surface area contributed by atoms with E-state index in [1.54, 1.807) is 6.92 Å². The summed E-state index contributed by atoms with van der Waals surface area (Å²) >= 11 is 0. The zero-order chi connectivity index (χ0) is 23.9. The highest BCUT2D eigenvalue weighted by molar-refractivity contribution is 5.67. The van der Waals surface area contributed by atoms with Gasteiger partial charge in [0, 0.05) is 44.5 Å². The summed E-state index contributed by atoms with van der Waals surface area (Å²) in [6.45, 7) is 6.44. The molecule has 1 aromatic heterocycles. The van der Waals surface area contributed by atoms with E-state index >= 15 is 0 Å². The van der Waals surface area contributed by atoms with Crippen molar-refractivity contribution in [2.45, 2.75) is 44.9 Å². The van der Waals surface area contributed by atoms with Crippen molar-refractivity contribution in [2.75, 3.05) is 32.8 Å². The number of aromatic nitrogens is 2. The lowest BCUT2D eigenvalue weighted by Crippen LogP contribution is -2.32. The first-order valence-electron chi connectivity index (χ1n) is 11.9. The Morgan fingerprint density at radius 1 is 1.06 bits per heavy atom. The maximum Gasteiger partial charge on any atom is 0.418 e. The van der Waals surface area contributed by atoms with E-state index in [1.807, 2.05) is 0 Å². The topological polar surface area (TPSA) is 47.5 Å². The molecule has 5 rings (SSSR count). The molecular formula is C25H29F4N3O2. The van der Waals surface area contributed by atoms with E-state index in [2.05, 4.69) is 15.1 Å². The average molecular weight is 480 g/mol. The summed E-state index contributed by atoms with van der Waals surface area (Å²) in [6, 6.07) is 4.59. The quantitative estimate of drug-likeness (QED) is 0.557. The molecule has 0 bridgehead atoms. The third kappa shape index (κ3) is 5.05. The van der Waals surface area contributed by atoms with E-state index in [9.17, 15) is 17.6 Å². The van der Waals surface area contributed by atoms with Crippen molar-refractivity contribution in [3.63, 3.8) is 0 Å². The van der Waals surface area contributed by atoms with E-state index in [1.165, 1.54) is 12.1 Å². The Hall–Kier alpha value is -2.26. The third-order valence-corrected chi connectivity index (χ3v) is 7.46. The Morgan fingerprint density at radius 2 is 1.76 bits per heavy atom. The van der Waals surface area contributed by atoms with Crippen molar-refractivity contribution in [2.24, 2.45) is 17.8 Å². The summed E-state index contributed by atoms with van der Waals surface area (Å²) in [4.78, 5) is 2.53. The van der Waals surface area contributed by atoms with Crippen LogP contribution < -0.4 is 4.74 Å². The number of likely N-dealkylation sites (tertiary alicyclic amines) is 1. The lowest BCUT2D eigenvalue weighted by atomic mass is 10.00. The van der Waals surface area contributed by atoms with E-state index in [0.29, 0.717) is 23.3 Å². The second-order valence-corrected chi connectivity index (χ2v) is 9.91. The predicted molar refractivity (Wildman–Crippen MR) is 118 cm³/mol. The van der Waals surface area contributed by atoms with Crippen LogP contribution in [0.1, 0.15) is 36.8 Å². The molecule has 34 heavy (non-hydrogen) atoms. The molecule has 3 aliphatic rings. The van der Waals surface area contributed by atoms with Gasteiger partial charge in [-0.05, 0) is 68.1 Å². The highest BCUT2D eigenvalue weighted by atomic mass is 19.4. The van der Waals surface area contributed by atoms with Gasteiger partial charge >= 0.3 is 6.18 Å². The molecule has 184 valence electrons. The van der Waals surface area contributed by atoms with Gasteiger partial charge in [0.25, 0.3) is 0 Å². The van der Waals surface area contributed by atoms with E-state index < -0.39 is 17.6 Å². The molecule has 3 fully saturated rings. The molecule has 1 aliphatic carbocycles. The smallest absolute Gasteiger partial charge is 0.418 e. The molecule has 0 amide bonds. The minimum absolute atomic E-state index is 0.0754. The van der Waals surface area contributed by atoms with Gasteiger partial charge in [-0.3, -0.25) is 0 Å². The van der Waals surface area contributed by atoms with Gasteiger partial charge in [-0.15, -0.1) is 10.2 Å². The molecule has 0 spiro atoms. The Labute approximate surface area is 196 Å². The molecule has 2 aliphatic heterocycles. The van der Waals surface area contributed by atoms with Crippen LogP contribution in [0.3, 0.4) is 0 Å². The van der Waals surface area contributed by atoms with Crippen LogP contribution in [0.25, 0.3) is 11.3 Å². The molecule has 3 heterocycles. The normalized spacial score (nSPS) is 26.1. The van der Waals surface area contributed by atoms with Gasteiger partial charge in [-0.1, -0.05) is 6.07 Å². The number of hydrogen-bond acceptors (Lipinski definition) is 5. The molecule has 9 heteroatoms. The van der Waals surface area contributed by atoms with Crippen LogP contribution in [-0.2, 0) is 10.9 Å². The summed E-state index contributed by atoms with van der Waals surface area (Å²) in [7, 11) is 0. The summed E-state index contributed by atoms with van der Waals surface area (Å²) in [5.74, 6) is 0.924. The van der Waals surface area contributed by atoms with Crippen LogP contribution in [0.5, 0.6) is 5.88 Å². The van der Waals surface area contributed by atoms with Gasteiger partial charge < -0.3 is 14.4 Å². The fraction of sp³-hybridized carbons (Fsp3) is 0.600. The lowest BCUT2D eigenvalue weighted by molar-refractivity contribution is -0.137. The van der Waals surface area contributed by atoms with Crippen molar-refractivity contribution in [1.29, 1.82) is 0 Å². The number of hydrogen-bond donors (Lipinski definition) is 0. The zero-order valence-electron chi connectivity index (χ0n) is 19.2. The monoisotopic (exact) mass is 479 g/mol. The van der Waals surface area contributed by atoms with Crippen molar-refractivity contribution in [1.82, 2.24) is 15.1 Å². The van der Waals surface area contributed by atoms with Gasteiger partial charge in [0.15, 0.2) is 0 Å². The van der Waals surface area contributed by atoms with Crippen molar-refractivity contribution < 1.29 is 27.0 Å². The largest absolute Gasteiger partial charge is 0.473 e. The number of benzene rings is 1. The molecule has 3 atom stereocenters. The second-order valence-electron chi connectivity index (χ2n) is 9.91. The number of aryl methyl sites for hydroxylation is 1. The number of ether oxygens (including phenoxy) is 2. The van der Waals surface area contributed by atoms with Crippen LogP contribution >= 0.6 is 0 Å². The van der Waals surface area contributed by atoms with Crippen LogP contribution in [0.4, 0.5) is 17.6 Å². The maximum atomic E-state index is 13.9. The Bertz CT molecular complexity index is 1010. The van der Waals surface area contributed by atoms with E-state index in [4.69, 9.17) is 9.47 Å². The Balaban J connectivity index is 1.26. The number of nitrogens with zero attached hydrogens (tertiary/aromatic N) is 3. The van der Waals surface area contributed by atoms with Crippen LogP contribution in [0.15, 0.2) is 24.3 Å². The van der Waals surface area contributed by atoms with Gasteiger partial charge in [0.2, 0.25) is 5.88 Å². The number of fused-ring (bicyclic) bond motifs is 1. The second kappa shape index (κ2) is 9.41. The summed E-state index contributed by atoms with van der Waals surface area (Å²) in [6.07, 6.45) is -0.992. The van der Waals surface area contributed by atoms with E-state index in [-0.39, 0.29) is 23.2 Å². The summed E-state index contributed by atoms with van der Waals surface area (Å²) < 4.78 is 66.6. The standard InChI is InChI=1S/C25H29F4N3O2/c1-15-2-3-19(26)10-21(15)24-22(25(27,28)29)11-23(30-31-24)34-20-8-17-13-32(14-18(17)9-20)12-16-4-6-33-7-5-16/h2-3,10-11,16-18,20H,4-9,12-14H2,1H3/t17-,18+,20+. The predicted octanol–water partition coefficient (Wildman–Crippen LogP) is 5.13.